The number of hydrogen-bond donors (Lipinski definition) is 5. The van der Waals surface area contributed by atoms with Gasteiger partial charge >= 0.3 is 11.9 Å². The summed E-state index contributed by atoms with van der Waals surface area (Å²) in [5.41, 5.74) is 14.5. The van der Waals surface area contributed by atoms with E-state index in [4.69, 9.17) is 26.7 Å². The molecule has 1 aliphatic rings. The summed E-state index contributed by atoms with van der Waals surface area (Å²) in [6.45, 7) is 9.57. The van der Waals surface area contributed by atoms with E-state index in [9.17, 15) is 24.0 Å². The van der Waals surface area contributed by atoms with E-state index in [-0.39, 0.29) is 60.1 Å². The number of nitrogens with one attached hydrogen (secondary N) is 2. The predicted octanol–water partition coefficient (Wildman–Crippen LogP) is 6.77. The van der Waals surface area contributed by atoms with E-state index < -0.39 is 17.9 Å². The number of ketones is 3. The minimum absolute atomic E-state index is 0. The van der Waals surface area contributed by atoms with E-state index in [1.807, 2.05) is 59.3 Å². The van der Waals surface area contributed by atoms with Crippen LogP contribution in [-0.4, -0.2) is 60.6 Å². The van der Waals surface area contributed by atoms with Crippen LogP contribution in [0.1, 0.15) is 72.4 Å². The van der Waals surface area contributed by atoms with Crippen molar-refractivity contribution in [3.8, 4) is 0 Å². The van der Waals surface area contributed by atoms with E-state index in [0.717, 1.165) is 31.3 Å². The second kappa shape index (κ2) is 21.9. The van der Waals surface area contributed by atoms with Crippen molar-refractivity contribution >= 4 is 84.0 Å². The molecule has 14 heteroatoms. The number of esters is 2. The Balaban J connectivity index is 0.000000423. The van der Waals surface area contributed by atoms with E-state index in [0.29, 0.717) is 11.3 Å². The number of thiophene rings is 2. The Morgan fingerprint density at radius 2 is 1.39 bits per heavy atom. The Morgan fingerprint density at radius 3 is 1.85 bits per heavy atom. The average Bonchev–Trinajstić information content (AvgIpc) is 3.70. The lowest BCUT2D eigenvalue weighted by Gasteiger charge is -2.29. The van der Waals surface area contributed by atoms with Crippen LogP contribution in [0, 0.1) is 5.41 Å². The number of ether oxygens (including phenoxy) is 2. The van der Waals surface area contributed by atoms with Crippen LogP contribution in [0.5, 0.6) is 0 Å². The first-order valence-electron chi connectivity index (χ1n) is 16.2. The molecule has 0 aliphatic carbocycles. The van der Waals surface area contributed by atoms with Gasteiger partial charge in [0.15, 0.2) is 17.3 Å². The quantitative estimate of drug-likeness (QED) is 0.0315. The molecule has 1 unspecified atom stereocenters. The third kappa shape index (κ3) is 12.9. The molecule has 4 aromatic rings. The van der Waals surface area contributed by atoms with Crippen molar-refractivity contribution in [2.24, 2.45) is 11.5 Å². The zero-order valence-electron chi connectivity index (χ0n) is 31.0. The number of hydrogen-bond acceptors (Lipinski definition) is 13. The molecule has 0 saturated heterocycles. The van der Waals surface area contributed by atoms with Gasteiger partial charge in [0.25, 0.3) is 0 Å². The van der Waals surface area contributed by atoms with E-state index >= 15 is 0 Å². The van der Waals surface area contributed by atoms with Gasteiger partial charge in [0.2, 0.25) is 0 Å². The van der Waals surface area contributed by atoms with Gasteiger partial charge in [-0.3, -0.25) is 24.6 Å². The molecule has 1 atom stereocenters. The molecule has 0 spiro atoms. The summed E-state index contributed by atoms with van der Waals surface area (Å²) >= 11 is 3.19. The number of carbonyl (C=O) groups is 5. The maximum Gasteiger partial charge on any atom is 0.338 e. The lowest BCUT2D eigenvalue weighted by Crippen LogP contribution is -2.35. The predicted molar refractivity (Wildman–Crippen MR) is 218 cm³/mol. The molecule has 0 radical (unpaired) electrons. The first-order chi connectivity index (χ1) is 24.9. The molecule has 2 aromatic heterocycles. The number of aliphatic hydroxyl groups excluding tert-OH is 1. The maximum atomic E-state index is 12.4. The van der Waals surface area contributed by atoms with Crippen LogP contribution in [0.3, 0.4) is 0 Å². The summed E-state index contributed by atoms with van der Waals surface area (Å²) in [4.78, 5) is 57.6. The van der Waals surface area contributed by atoms with Crippen LogP contribution in [0.25, 0.3) is 26.2 Å². The lowest BCUT2D eigenvalue weighted by atomic mass is 9.80. The topological polar surface area (TPSA) is 212 Å². The van der Waals surface area contributed by atoms with Gasteiger partial charge in [0, 0.05) is 26.8 Å². The van der Waals surface area contributed by atoms with E-state index in [1.165, 1.54) is 35.0 Å². The number of Topliss-reactive ketones (excluding diaryl/α,β-unsaturated/α-hetero) is 3. The summed E-state index contributed by atoms with van der Waals surface area (Å²) in [6, 6.07) is 15.9. The zero-order chi connectivity index (χ0) is 40.0. The lowest BCUT2D eigenvalue weighted by molar-refractivity contribution is -0.139. The highest BCUT2D eigenvalue weighted by molar-refractivity contribution is 7.17. The fraction of sp³-hybridized carbons (Fsp3) is 0.300. The molecule has 5 rings (SSSR count). The van der Waals surface area contributed by atoms with E-state index in [1.54, 1.807) is 49.5 Å². The Morgan fingerprint density at radius 1 is 0.889 bits per heavy atom. The standard InChI is InChI=1S/C18H18N2O3S.C14H12O2S.C4H8N2O2.C3H8O.CH4/c1-9-14(10(2)21)15(16(17(19)20-9)18(22)23-3)12-8-24-13-7-5-4-6-11(12)13;1-9(15)13(10(2)16)7-11-8-17-14-6-4-3-5-12(11)14;1-8-4(7)2-3(5)6;1-3(2)4;/h4-8,15,20H,19H2,1-3H3;3-8H,1-2H3;2H2,1H3,(H3,5,6);3-4H,1-2H3;1H4. The van der Waals surface area contributed by atoms with Crippen LogP contribution in [0.15, 0.2) is 87.5 Å². The molecule has 7 N–H and O–H groups in total. The van der Waals surface area contributed by atoms with Gasteiger partial charge in [-0.2, -0.15) is 0 Å². The number of amidine groups is 1. The SMILES string of the molecule is C.CC(=O)C(=Cc1csc2ccccc12)C(C)=O.CC(C)O.COC(=O)C1=C(N)NC(C)=C(C(C)=O)C1c1csc2ccccc12.COC(=O)CC(=N)N. The van der Waals surface area contributed by atoms with Gasteiger partial charge in [-0.25, -0.2) is 4.79 Å². The third-order valence-corrected chi connectivity index (χ3v) is 9.30. The fourth-order valence-corrected chi connectivity index (χ4v) is 7.04. The molecule has 2 aromatic carbocycles. The van der Waals surface area contributed by atoms with E-state index in [2.05, 4.69) is 10.1 Å². The second-order valence-corrected chi connectivity index (χ2v) is 13.7. The zero-order valence-corrected chi connectivity index (χ0v) is 32.6. The molecule has 3 heterocycles. The summed E-state index contributed by atoms with van der Waals surface area (Å²) in [5, 5.41) is 23.6. The van der Waals surface area contributed by atoms with Crippen molar-refractivity contribution in [3.63, 3.8) is 0 Å². The maximum absolute atomic E-state index is 12.4. The molecular formula is C40H50N4O8S2. The number of fused-ring (bicyclic) bond motifs is 2. The number of nitrogens with two attached hydrogens (primary N) is 2. The monoisotopic (exact) mass is 778 g/mol. The van der Waals surface area contributed by atoms with Gasteiger partial charge < -0.3 is 31.4 Å². The molecule has 12 nitrogen and oxygen atoms in total. The Hall–Kier alpha value is -5.44. The summed E-state index contributed by atoms with van der Waals surface area (Å²) in [7, 11) is 2.56. The van der Waals surface area contributed by atoms with Gasteiger partial charge in [-0.15, -0.1) is 22.7 Å². The highest BCUT2D eigenvalue weighted by Crippen LogP contribution is 2.43. The van der Waals surface area contributed by atoms with Crippen LogP contribution in [0.4, 0.5) is 0 Å². The molecule has 0 fully saturated rings. The van der Waals surface area contributed by atoms with Crippen molar-refractivity contribution in [1.29, 1.82) is 5.41 Å². The number of benzene rings is 2. The van der Waals surface area contributed by atoms with Gasteiger partial charge in [0.1, 0.15) is 18.1 Å². The fourth-order valence-electron chi connectivity index (χ4n) is 5.14. The van der Waals surface area contributed by atoms with Crippen molar-refractivity contribution in [2.45, 2.75) is 67.4 Å². The molecule has 0 bridgehead atoms. The minimum atomic E-state index is -0.536. The van der Waals surface area contributed by atoms with Crippen LogP contribution in [-0.2, 0) is 33.4 Å². The smallest absolute Gasteiger partial charge is 0.338 e. The van der Waals surface area contributed by atoms with Crippen LogP contribution >= 0.6 is 22.7 Å². The van der Waals surface area contributed by atoms with Gasteiger partial charge in [-0.1, -0.05) is 43.8 Å². The third-order valence-electron chi connectivity index (χ3n) is 7.33. The minimum Gasteiger partial charge on any atom is -0.469 e. The number of dihydropyridines is 1. The van der Waals surface area contributed by atoms with Gasteiger partial charge in [0.05, 0.1) is 31.3 Å². The Bertz CT molecular complexity index is 2070. The Labute approximate surface area is 324 Å². The van der Waals surface area contributed by atoms with Crippen molar-refractivity contribution in [1.82, 2.24) is 5.32 Å². The van der Waals surface area contributed by atoms with Crippen molar-refractivity contribution in [2.75, 3.05) is 14.2 Å². The largest absolute Gasteiger partial charge is 0.469 e. The van der Waals surface area contributed by atoms with Crippen LogP contribution < -0.4 is 16.8 Å². The molecule has 1 aliphatic heterocycles. The number of aliphatic hydroxyl groups is 1. The second-order valence-electron chi connectivity index (χ2n) is 11.9. The molecule has 54 heavy (non-hydrogen) atoms. The van der Waals surface area contributed by atoms with Gasteiger partial charge in [-0.05, 0) is 92.4 Å². The number of carbonyl (C=O) groups excluding carboxylic acids is 5. The Kier molecular flexibility index (Phi) is 18.9. The molecular weight excluding hydrogens is 729 g/mol. The first kappa shape index (κ1) is 46.6. The summed E-state index contributed by atoms with van der Waals surface area (Å²) in [5.74, 6) is -1.97. The number of rotatable bonds is 8. The highest BCUT2D eigenvalue weighted by Gasteiger charge is 2.37. The first-order valence-corrected chi connectivity index (χ1v) is 18.0. The normalized spacial score (nSPS) is 13.0. The highest BCUT2D eigenvalue weighted by atomic mass is 32.1. The van der Waals surface area contributed by atoms with Crippen molar-refractivity contribution in [3.05, 3.63) is 98.7 Å². The molecule has 0 saturated carbocycles. The number of allylic oxidation sites excluding steroid dienone is 3. The number of methoxy groups -OCH3 is 2. The average molecular weight is 779 g/mol. The van der Waals surface area contributed by atoms with Crippen LogP contribution in [0.2, 0.25) is 0 Å². The molecule has 0 amide bonds. The summed E-state index contributed by atoms with van der Waals surface area (Å²) in [6.07, 6.45) is 1.40. The summed E-state index contributed by atoms with van der Waals surface area (Å²) < 4.78 is 11.4. The molecule has 290 valence electrons. The van der Waals surface area contributed by atoms with Crippen molar-refractivity contribution < 1.29 is 38.6 Å².